The molecular weight excluding hydrogens is 443 g/mol. The van der Waals surface area contributed by atoms with E-state index in [0.29, 0.717) is 39.7 Å². The summed E-state index contributed by atoms with van der Waals surface area (Å²) in [6, 6.07) is 11.9. The van der Waals surface area contributed by atoms with E-state index in [0.717, 1.165) is 0 Å². The van der Waals surface area contributed by atoms with Crippen LogP contribution in [0.3, 0.4) is 0 Å². The fourth-order valence-corrected chi connectivity index (χ4v) is 4.21. The first-order valence-corrected chi connectivity index (χ1v) is 10.9. The summed E-state index contributed by atoms with van der Waals surface area (Å²) in [6.07, 6.45) is -0.400. The van der Waals surface area contributed by atoms with E-state index in [2.05, 4.69) is 10.2 Å². The number of ether oxygens (including phenoxy) is 2. The molecule has 10 heteroatoms. The van der Waals surface area contributed by atoms with Gasteiger partial charge in [0.1, 0.15) is 12.4 Å². The van der Waals surface area contributed by atoms with Crippen molar-refractivity contribution in [2.45, 2.75) is 17.8 Å². The molecule has 0 aliphatic carbocycles. The summed E-state index contributed by atoms with van der Waals surface area (Å²) in [5, 5.41) is 9.27. The van der Waals surface area contributed by atoms with Crippen molar-refractivity contribution in [3.63, 3.8) is 0 Å². The summed E-state index contributed by atoms with van der Waals surface area (Å²) in [5.74, 6) is 1.46. The number of amides is 1. The van der Waals surface area contributed by atoms with Crippen LogP contribution >= 0.6 is 23.4 Å². The average Bonchev–Trinajstić information content (AvgIpc) is 3.14. The van der Waals surface area contributed by atoms with Gasteiger partial charge in [0.2, 0.25) is 5.91 Å². The number of nitrogens with zero attached hydrogens (tertiary/aromatic N) is 4. The third kappa shape index (κ3) is 4.62. The quantitative estimate of drug-likeness (QED) is 0.518. The summed E-state index contributed by atoms with van der Waals surface area (Å²) in [4.78, 5) is 14.0. The molecule has 4 rings (SSSR count). The Morgan fingerprint density at radius 3 is 2.81 bits per heavy atom. The highest BCUT2D eigenvalue weighted by atomic mass is 35.5. The summed E-state index contributed by atoms with van der Waals surface area (Å²) < 4.78 is 27.5. The number of carbonyl (C=O) groups is 1. The van der Waals surface area contributed by atoms with Crippen LogP contribution in [0.2, 0.25) is 5.02 Å². The highest BCUT2D eigenvalue weighted by Crippen LogP contribution is 2.35. The zero-order valence-electron chi connectivity index (χ0n) is 16.9. The van der Waals surface area contributed by atoms with Gasteiger partial charge in [0.15, 0.2) is 28.6 Å². The number of rotatable bonds is 6. The van der Waals surface area contributed by atoms with Gasteiger partial charge in [0.05, 0.1) is 5.75 Å². The fourth-order valence-electron chi connectivity index (χ4n) is 3.12. The number of benzene rings is 2. The van der Waals surface area contributed by atoms with Crippen molar-refractivity contribution in [1.29, 1.82) is 0 Å². The summed E-state index contributed by atoms with van der Waals surface area (Å²) in [5.41, 5.74) is 0.292. The minimum atomic E-state index is -0.436. The van der Waals surface area contributed by atoms with Crippen LogP contribution in [0.1, 0.15) is 17.5 Å². The molecule has 162 valence electrons. The molecular formula is C21H20ClFN4O3S. The minimum absolute atomic E-state index is 0.0849. The molecule has 0 radical (unpaired) electrons. The second kappa shape index (κ2) is 9.15. The Hall–Kier alpha value is -2.78. The Balaban J connectivity index is 1.37. The van der Waals surface area contributed by atoms with Crippen molar-refractivity contribution in [2.75, 3.05) is 19.4 Å². The first-order chi connectivity index (χ1) is 14.9. The smallest absolute Gasteiger partial charge is 0.233 e. The molecule has 2 heterocycles. The number of thioether (sulfide) groups is 1. The van der Waals surface area contributed by atoms with Crippen molar-refractivity contribution < 1.29 is 18.7 Å². The lowest BCUT2D eigenvalue weighted by Crippen LogP contribution is -2.28. The Morgan fingerprint density at radius 2 is 2.03 bits per heavy atom. The monoisotopic (exact) mass is 462 g/mol. The van der Waals surface area contributed by atoms with Crippen LogP contribution in [-0.4, -0.2) is 45.0 Å². The lowest BCUT2D eigenvalue weighted by molar-refractivity contribution is -0.127. The van der Waals surface area contributed by atoms with Gasteiger partial charge in [-0.05, 0) is 24.3 Å². The second-order valence-corrected chi connectivity index (χ2v) is 8.35. The van der Waals surface area contributed by atoms with E-state index in [4.69, 9.17) is 21.1 Å². The number of carbonyl (C=O) groups excluding carboxylic acids is 1. The third-order valence-electron chi connectivity index (χ3n) is 4.87. The molecule has 7 nitrogen and oxygen atoms in total. The van der Waals surface area contributed by atoms with E-state index in [9.17, 15) is 9.18 Å². The molecule has 1 aromatic heterocycles. The molecule has 1 aliphatic rings. The van der Waals surface area contributed by atoms with Crippen LogP contribution in [0.4, 0.5) is 4.39 Å². The van der Waals surface area contributed by atoms with Gasteiger partial charge in [-0.1, -0.05) is 41.6 Å². The van der Waals surface area contributed by atoms with E-state index in [-0.39, 0.29) is 18.2 Å². The van der Waals surface area contributed by atoms with Crippen LogP contribution < -0.4 is 9.47 Å². The molecule has 0 bridgehead atoms. The maximum absolute atomic E-state index is 14.0. The highest BCUT2D eigenvalue weighted by molar-refractivity contribution is 7.99. The number of halogens is 2. The van der Waals surface area contributed by atoms with E-state index < -0.39 is 11.9 Å². The van der Waals surface area contributed by atoms with Crippen LogP contribution in [0.5, 0.6) is 11.5 Å². The molecule has 1 aliphatic heterocycles. The number of hydrogen-bond acceptors (Lipinski definition) is 6. The fraction of sp³-hybridized carbons (Fsp3) is 0.286. The van der Waals surface area contributed by atoms with Crippen LogP contribution in [-0.2, 0) is 18.4 Å². The van der Waals surface area contributed by atoms with Crippen LogP contribution in [0.25, 0.3) is 0 Å². The van der Waals surface area contributed by atoms with Gasteiger partial charge in [0.25, 0.3) is 0 Å². The zero-order valence-corrected chi connectivity index (χ0v) is 18.5. The van der Waals surface area contributed by atoms with Crippen molar-refractivity contribution in [1.82, 2.24) is 19.7 Å². The van der Waals surface area contributed by atoms with Crippen molar-refractivity contribution in [3.8, 4) is 11.5 Å². The molecule has 2 aromatic carbocycles. The van der Waals surface area contributed by atoms with E-state index in [1.165, 1.54) is 28.8 Å². The summed E-state index contributed by atoms with van der Waals surface area (Å²) >= 11 is 7.30. The first-order valence-electron chi connectivity index (χ1n) is 9.51. The Labute approximate surface area is 188 Å². The van der Waals surface area contributed by atoms with Gasteiger partial charge >= 0.3 is 0 Å². The predicted molar refractivity (Wildman–Crippen MR) is 115 cm³/mol. The van der Waals surface area contributed by atoms with E-state index in [1.54, 1.807) is 17.7 Å². The van der Waals surface area contributed by atoms with Gasteiger partial charge in [0, 0.05) is 31.2 Å². The molecule has 1 atom stereocenters. The van der Waals surface area contributed by atoms with Crippen LogP contribution in [0.15, 0.2) is 47.6 Å². The molecule has 3 aromatic rings. The van der Waals surface area contributed by atoms with E-state index >= 15 is 0 Å². The normalized spacial score (nSPS) is 15.0. The van der Waals surface area contributed by atoms with Gasteiger partial charge in [-0.3, -0.25) is 4.79 Å². The zero-order chi connectivity index (χ0) is 22.0. The predicted octanol–water partition coefficient (Wildman–Crippen LogP) is 3.87. The molecule has 0 saturated heterocycles. The number of para-hydroxylation sites is 2. The molecule has 0 saturated carbocycles. The van der Waals surface area contributed by atoms with Crippen molar-refractivity contribution in [2.24, 2.45) is 7.05 Å². The largest absolute Gasteiger partial charge is 0.485 e. The Kier molecular flexibility index (Phi) is 6.33. The standard InChI is InChI=1S/C21H20ClFN4O3S/c1-26(10-13-14(22)6-5-7-15(13)23)19(28)12-31-21-25-24-20(27(21)2)18-11-29-16-8-3-4-9-17(16)30-18/h3-9,18H,10-12H2,1-2H3. The number of aromatic nitrogens is 3. The van der Waals surface area contributed by atoms with Gasteiger partial charge in [-0.15, -0.1) is 10.2 Å². The minimum Gasteiger partial charge on any atom is -0.485 e. The SMILES string of the molecule is CN(Cc1c(F)cccc1Cl)C(=O)CSc1nnc(C2COc3ccccc3O2)n1C. The maximum atomic E-state index is 14.0. The summed E-state index contributed by atoms with van der Waals surface area (Å²) in [7, 11) is 3.42. The lowest BCUT2D eigenvalue weighted by Gasteiger charge is -2.25. The number of fused-ring (bicyclic) bond motifs is 1. The third-order valence-corrected chi connectivity index (χ3v) is 6.23. The molecule has 1 amide bonds. The van der Waals surface area contributed by atoms with Crippen molar-refractivity contribution in [3.05, 3.63) is 64.7 Å². The first kappa shape index (κ1) is 21.5. The molecule has 0 N–H and O–H groups in total. The second-order valence-electron chi connectivity index (χ2n) is 7.00. The highest BCUT2D eigenvalue weighted by Gasteiger charge is 2.27. The van der Waals surface area contributed by atoms with Gasteiger partial charge < -0.3 is 18.9 Å². The Morgan fingerprint density at radius 1 is 1.26 bits per heavy atom. The van der Waals surface area contributed by atoms with Gasteiger partial charge in [-0.25, -0.2) is 4.39 Å². The van der Waals surface area contributed by atoms with Crippen LogP contribution in [0, 0.1) is 5.82 Å². The van der Waals surface area contributed by atoms with E-state index in [1.807, 2.05) is 31.3 Å². The molecule has 0 spiro atoms. The van der Waals surface area contributed by atoms with Gasteiger partial charge in [-0.2, -0.15) is 0 Å². The number of hydrogen-bond donors (Lipinski definition) is 0. The lowest BCUT2D eigenvalue weighted by atomic mass is 10.2. The average molecular weight is 463 g/mol. The summed E-state index contributed by atoms with van der Waals surface area (Å²) in [6.45, 7) is 0.403. The Bertz CT molecular complexity index is 1090. The topological polar surface area (TPSA) is 69.5 Å². The van der Waals surface area contributed by atoms with Crippen molar-refractivity contribution >= 4 is 29.3 Å². The molecule has 31 heavy (non-hydrogen) atoms. The molecule has 1 unspecified atom stereocenters. The maximum Gasteiger partial charge on any atom is 0.233 e. The molecule has 0 fully saturated rings.